The summed E-state index contributed by atoms with van der Waals surface area (Å²) in [6.07, 6.45) is 2.25. The van der Waals surface area contributed by atoms with Gasteiger partial charge in [-0.05, 0) is 49.6 Å². The van der Waals surface area contributed by atoms with E-state index in [4.69, 9.17) is 0 Å². The molecule has 2 aromatic carbocycles. The van der Waals surface area contributed by atoms with Gasteiger partial charge >= 0.3 is 6.03 Å². The highest BCUT2D eigenvalue weighted by molar-refractivity contribution is 7.90. The quantitative estimate of drug-likeness (QED) is 0.825. The van der Waals surface area contributed by atoms with Gasteiger partial charge in [0.25, 0.3) is 0 Å². The molecular formula is C18H17F3N2O3S. The molecule has 9 heteroatoms. The number of carbonyl (C=O) groups excluding carboxylic acids is 1. The molecule has 2 amide bonds. The second-order valence-corrected chi connectivity index (χ2v) is 8.51. The number of benzene rings is 2. The minimum atomic E-state index is -3.82. The molecular weight excluding hydrogens is 381 g/mol. The number of rotatable bonds is 4. The molecule has 5 nitrogen and oxygen atoms in total. The number of halogens is 3. The van der Waals surface area contributed by atoms with Crippen molar-refractivity contribution in [2.24, 2.45) is 0 Å². The maximum absolute atomic E-state index is 14.2. The summed E-state index contributed by atoms with van der Waals surface area (Å²) in [5.41, 5.74) is -1.35. The molecule has 0 atom stereocenters. The summed E-state index contributed by atoms with van der Waals surface area (Å²) in [6, 6.07) is 5.81. The van der Waals surface area contributed by atoms with E-state index in [9.17, 15) is 26.4 Å². The average molecular weight is 398 g/mol. The van der Waals surface area contributed by atoms with Crippen LogP contribution in [-0.2, 0) is 15.4 Å². The van der Waals surface area contributed by atoms with E-state index in [0.29, 0.717) is 19.3 Å². The van der Waals surface area contributed by atoms with Crippen LogP contribution in [0, 0.1) is 17.5 Å². The number of hydrogen-bond donors (Lipinski definition) is 2. The summed E-state index contributed by atoms with van der Waals surface area (Å²) in [7, 11) is -3.82. The molecule has 1 aliphatic carbocycles. The van der Waals surface area contributed by atoms with Gasteiger partial charge in [-0.3, -0.25) is 0 Å². The van der Waals surface area contributed by atoms with E-state index in [0.717, 1.165) is 30.5 Å². The van der Waals surface area contributed by atoms with Crippen LogP contribution in [0.4, 0.5) is 23.7 Å². The highest BCUT2D eigenvalue weighted by Crippen LogP contribution is 2.43. The molecule has 1 saturated carbocycles. The van der Waals surface area contributed by atoms with Gasteiger partial charge in [0, 0.05) is 17.5 Å². The molecule has 0 heterocycles. The molecule has 0 radical (unpaired) electrons. The first-order valence-corrected chi connectivity index (χ1v) is 10.0. The standard InChI is InChI=1S/C18H17F3N2O3S/c1-27(25,26)15-10-11(6-7-12(15)19)22-17(24)23-18(8-3-9-18)16-13(20)4-2-5-14(16)21/h2,4-7,10H,3,8-9H2,1H3,(H2,22,23,24). The summed E-state index contributed by atoms with van der Waals surface area (Å²) in [4.78, 5) is 11.8. The molecule has 0 bridgehead atoms. The SMILES string of the molecule is CS(=O)(=O)c1cc(NC(=O)NC2(c3c(F)cccc3F)CCC2)ccc1F. The van der Waals surface area contributed by atoms with E-state index < -0.39 is 43.8 Å². The summed E-state index contributed by atoms with van der Waals surface area (Å²) in [5.74, 6) is -2.44. The molecule has 1 aliphatic rings. The van der Waals surface area contributed by atoms with Crippen molar-refractivity contribution in [3.05, 3.63) is 59.4 Å². The molecule has 0 unspecified atom stereocenters. The van der Waals surface area contributed by atoms with Crippen molar-refractivity contribution in [3.8, 4) is 0 Å². The van der Waals surface area contributed by atoms with Crippen molar-refractivity contribution >= 4 is 21.6 Å². The highest BCUT2D eigenvalue weighted by Gasteiger charge is 2.44. The van der Waals surface area contributed by atoms with E-state index in [2.05, 4.69) is 10.6 Å². The summed E-state index contributed by atoms with van der Waals surface area (Å²) in [6.45, 7) is 0. The first-order valence-electron chi connectivity index (χ1n) is 8.16. The van der Waals surface area contributed by atoms with E-state index in [1.165, 1.54) is 12.1 Å². The predicted octanol–water partition coefficient (Wildman–Crippen LogP) is 3.71. The van der Waals surface area contributed by atoms with E-state index in [1.807, 2.05) is 0 Å². The molecule has 1 fully saturated rings. The fraction of sp³-hybridized carbons (Fsp3) is 0.278. The number of hydrogen-bond acceptors (Lipinski definition) is 3. The number of carbonyl (C=O) groups is 1. The third-order valence-corrected chi connectivity index (χ3v) is 5.70. The number of anilines is 1. The van der Waals surface area contributed by atoms with Gasteiger partial charge < -0.3 is 10.6 Å². The Labute approximate surface area is 154 Å². The van der Waals surface area contributed by atoms with Crippen LogP contribution in [0.15, 0.2) is 41.3 Å². The lowest BCUT2D eigenvalue weighted by atomic mass is 9.71. The largest absolute Gasteiger partial charge is 0.328 e. The lowest BCUT2D eigenvalue weighted by molar-refractivity contribution is 0.175. The molecule has 0 saturated heterocycles. The summed E-state index contributed by atoms with van der Waals surface area (Å²) in [5, 5.41) is 4.96. The normalized spacial score (nSPS) is 15.7. The highest BCUT2D eigenvalue weighted by atomic mass is 32.2. The first-order chi connectivity index (χ1) is 12.6. The summed E-state index contributed by atoms with van der Waals surface area (Å²) >= 11 is 0. The van der Waals surface area contributed by atoms with Gasteiger partial charge in [0.05, 0.1) is 5.54 Å². The third kappa shape index (κ3) is 3.78. The smallest absolute Gasteiger partial charge is 0.319 e. The zero-order chi connectivity index (χ0) is 19.8. The van der Waals surface area contributed by atoms with Crippen LogP contribution in [-0.4, -0.2) is 20.7 Å². The minimum absolute atomic E-state index is 0.0396. The molecule has 144 valence electrons. The Morgan fingerprint density at radius 3 is 2.19 bits per heavy atom. The van der Waals surface area contributed by atoms with Gasteiger partial charge in [0.1, 0.15) is 22.3 Å². The Hall–Kier alpha value is -2.55. The van der Waals surface area contributed by atoms with E-state index in [-0.39, 0.29) is 11.3 Å². The average Bonchev–Trinajstić information content (AvgIpc) is 2.53. The van der Waals surface area contributed by atoms with Gasteiger partial charge in [-0.2, -0.15) is 0 Å². The maximum atomic E-state index is 14.2. The van der Waals surface area contributed by atoms with Crippen LogP contribution in [0.2, 0.25) is 0 Å². The van der Waals surface area contributed by atoms with Crippen LogP contribution in [0.1, 0.15) is 24.8 Å². The molecule has 2 N–H and O–H groups in total. The number of urea groups is 1. The van der Waals surface area contributed by atoms with Crippen LogP contribution < -0.4 is 10.6 Å². The van der Waals surface area contributed by atoms with Gasteiger partial charge in [0.15, 0.2) is 9.84 Å². The number of nitrogens with one attached hydrogen (secondary N) is 2. The van der Waals surface area contributed by atoms with Crippen LogP contribution >= 0.6 is 0 Å². The third-order valence-electron chi connectivity index (χ3n) is 4.59. The van der Waals surface area contributed by atoms with Gasteiger partial charge in [-0.1, -0.05) is 6.07 Å². The van der Waals surface area contributed by atoms with Gasteiger partial charge in [0.2, 0.25) is 0 Å². The molecule has 0 aromatic heterocycles. The molecule has 2 aromatic rings. The second-order valence-electron chi connectivity index (χ2n) is 6.53. The zero-order valence-corrected chi connectivity index (χ0v) is 15.2. The maximum Gasteiger partial charge on any atom is 0.319 e. The molecule has 0 aliphatic heterocycles. The van der Waals surface area contributed by atoms with Crippen LogP contribution in [0.3, 0.4) is 0 Å². The van der Waals surface area contributed by atoms with Crippen molar-refractivity contribution in [2.45, 2.75) is 29.7 Å². The van der Waals surface area contributed by atoms with Crippen LogP contribution in [0.25, 0.3) is 0 Å². The Morgan fingerprint density at radius 2 is 1.67 bits per heavy atom. The Balaban J connectivity index is 1.83. The molecule has 0 spiro atoms. The predicted molar refractivity (Wildman–Crippen MR) is 93.6 cm³/mol. The Kier molecular flexibility index (Phi) is 4.90. The monoisotopic (exact) mass is 398 g/mol. The number of amides is 2. The van der Waals surface area contributed by atoms with Crippen LogP contribution in [0.5, 0.6) is 0 Å². The zero-order valence-electron chi connectivity index (χ0n) is 14.4. The lowest BCUT2D eigenvalue weighted by Crippen LogP contribution is -2.53. The van der Waals surface area contributed by atoms with Crippen molar-refractivity contribution in [3.63, 3.8) is 0 Å². The lowest BCUT2D eigenvalue weighted by Gasteiger charge is -2.43. The Bertz CT molecular complexity index is 985. The van der Waals surface area contributed by atoms with Gasteiger partial charge in [-0.25, -0.2) is 26.4 Å². The Morgan fingerprint density at radius 1 is 1.04 bits per heavy atom. The second kappa shape index (κ2) is 6.88. The topological polar surface area (TPSA) is 75.3 Å². The van der Waals surface area contributed by atoms with Crippen molar-refractivity contribution in [1.82, 2.24) is 5.32 Å². The van der Waals surface area contributed by atoms with Gasteiger partial charge in [-0.15, -0.1) is 0 Å². The molecule has 27 heavy (non-hydrogen) atoms. The van der Waals surface area contributed by atoms with Crippen molar-refractivity contribution < 1.29 is 26.4 Å². The van der Waals surface area contributed by atoms with E-state index in [1.54, 1.807) is 0 Å². The number of sulfone groups is 1. The van der Waals surface area contributed by atoms with E-state index >= 15 is 0 Å². The first kappa shape index (κ1) is 19.2. The fourth-order valence-electron chi connectivity index (χ4n) is 3.17. The van der Waals surface area contributed by atoms with Crippen molar-refractivity contribution in [2.75, 3.05) is 11.6 Å². The minimum Gasteiger partial charge on any atom is -0.328 e. The molecule has 3 rings (SSSR count). The van der Waals surface area contributed by atoms with Crippen molar-refractivity contribution in [1.29, 1.82) is 0 Å². The summed E-state index contributed by atoms with van der Waals surface area (Å²) < 4.78 is 65.1. The fourth-order valence-corrected chi connectivity index (χ4v) is 3.93.